The molecular formula is C20H28N2O3S. The maximum Gasteiger partial charge on any atom is 0.224 e. The van der Waals surface area contributed by atoms with Crippen LogP contribution in [0.15, 0.2) is 18.2 Å². The van der Waals surface area contributed by atoms with E-state index in [2.05, 4.69) is 22.3 Å². The van der Waals surface area contributed by atoms with Gasteiger partial charge in [-0.2, -0.15) is 0 Å². The van der Waals surface area contributed by atoms with Crippen molar-refractivity contribution in [1.29, 1.82) is 0 Å². The largest absolute Gasteiger partial charge is 0.350 e. The van der Waals surface area contributed by atoms with Gasteiger partial charge in [-0.3, -0.25) is 9.69 Å². The number of fused-ring (bicyclic) bond motifs is 1. The highest BCUT2D eigenvalue weighted by Gasteiger charge is 2.42. The van der Waals surface area contributed by atoms with Crippen LogP contribution in [0, 0.1) is 0 Å². The van der Waals surface area contributed by atoms with Crippen LogP contribution in [0.2, 0.25) is 0 Å². The van der Waals surface area contributed by atoms with Gasteiger partial charge in [-0.05, 0) is 68.3 Å². The lowest BCUT2D eigenvalue weighted by Crippen LogP contribution is -2.50. The Bertz CT molecular complexity index is 784. The predicted octanol–water partition coefficient (Wildman–Crippen LogP) is 1.49. The molecule has 0 bridgehead atoms. The van der Waals surface area contributed by atoms with E-state index >= 15 is 0 Å². The lowest BCUT2D eigenvalue weighted by Gasteiger charge is -2.28. The fourth-order valence-electron chi connectivity index (χ4n) is 4.74. The summed E-state index contributed by atoms with van der Waals surface area (Å²) < 4.78 is 24.3. The van der Waals surface area contributed by atoms with Crippen LogP contribution in [0.4, 0.5) is 0 Å². The third-order valence-corrected chi connectivity index (χ3v) is 7.77. The van der Waals surface area contributed by atoms with Crippen molar-refractivity contribution in [3.63, 3.8) is 0 Å². The summed E-state index contributed by atoms with van der Waals surface area (Å²) in [7, 11) is -3.07. The number of aryl methyl sites for hydroxylation is 2. The molecule has 4 rings (SSSR count). The molecule has 0 spiro atoms. The van der Waals surface area contributed by atoms with Gasteiger partial charge in [0.2, 0.25) is 5.91 Å². The molecule has 1 N–H and O–H groups in total. The van der Waals surface area contributed by atoms with Gasteiger partial charge in [0.1, 0.15) is 0 Å². The molecule has 2 aliphatic heterocycles. The van der Waals surface area contributed by atoms with E-state index in [1.54, 1.807) is 0 Å². The van der Waals surface area contributed by atoms with E-state index in [-0.39, 0.29) is 29.5 Å². The summed E-state index contributed by atoms with van der Waals surface area (Å²) in [6.07, 6.45) is 7.28. The van der Waals surface area contributed by atoms with Crippen LogP contribution >= 0.6 is 0 Å². The Hall–Kier alpha value is -1.40. The van der Waals surface area contributed by atoms with E-state index in [0.29, 0.717) is 6.42 Å². The number of carbonyl (C=O) groups is 1. The zero-order valence-electron chi connectivity index (χ0n) is 15.2. The number of rotatable bonds is 4. The second-order valence-electron chi connectivity index (χ2n) is 8.05. The van der Waals surface area contributed by atoms with Crippen LogP contribution in [0.3, 0.4) is 0 Å². The second-order valence-corrected chi connectivity index (χ2v) is 10.2. The minimum atomic E-state index is -3.07. The zero-order valence-corrected chi connectivity index (χ0v) is 16.1. The van der Waals surface area contributed by atoms with E-state index in [0.717, 1.165) is 44.3 Å². The molecule has 0 saturated carbocycles. The van der Waals surface area contributed by atoms with Gasteiger partial charge in [0.15, 0.2) is 9.84 Å². The molecule has 6 heteroatoms. The lowest BCUT2D eigenvalue weighted by molar-refractivity contribution is -0.121. The van der Waals surface area contributed by atoms with Gasteiger partial charge in [-0.1, -0.05) is 18.2 Å². The van der Waals surface area contributed by atoms with Crippen molar-refractivity contribution in [2.75, 3.05) is 24.6 Å². The standard InChI is InChI=1S/C20H28N2O3S/c23-20(12-15-7-8-16-5-1-2-6-17(16)11-15)21-18-13-26(24,25)14-19(18)22-9-3-4-10-22/h7-8,11,18-19H,1-6,9-10,12-14H2,(H,21,23)/t18-,19-/m1/s1. The number of sulfone groups is 1. The molecule has 3 aliphatic rings. The highest BCUT2D eigenvalue weighted by Crippen LogP contribution is 2.24. The van der Waals surface area contributed by atoms with Gasteiger partial charge in [0.05, 0.1) is 24.0 Å². The monoisotopic (exact) mass is 376 g/mol. The van der Waals surface area contributed by atoms with Crippen LogP contribution in [0.1, 0.15) is 42.4 Å². The molecule has 1 aromatic carbocycles. The topological polar surface area (TPSA) is 66.5 Å². The number of hydrogen-bond donors (Lipinski definition) is 1. The van der Waals surface area contributed by atoms with Crippen molar-refractivity contribution >= 4 is 15.7 Å². The second kappa shape index (κ2) is 7.31. The predicted molar refractivity (Wildman–Crippen MR) is 102 cm³/mol. The molecule has 1 aliphatic carbocycles. The summed E-state index contributed by atoms with van der Waals surface area (Å²) in [6, 6.07) is 6.03. The Morgan fingerprint density at radius 3 is 2.54 bits per heavy atom. The maximum absolute atomic E-state index is 12.6. The number of nitrogens with zero attached hydrogens (tertiary/aromatic N) is 1. The van der Waals surface area contributed by atoms with Gasteiger partial charge >= 0.3 is 0 Å². The molecule has 1 amide bonds. The summed E-state index contributed by atoms with van der Waals surface area (Å²) >= 11 is 0. The number of hydrogen-bond acceptors (Lipinski definition) is 4. The van der Waals surface area contributed by atoms with E-state index in [1.165, 1.54) is 24.0 Å². The average Bonchev–Trinajstić information content (AvgIpc) is 3.22. The minimum Gasteiger partial charge on any atom is -0.350 e. The van der Waals surface area contributed by atoms with Crippen LogP contribution in [0.5, 0.6) is 0 Å². The Labute approximate surface area is 156 Å². The Balaban J connectivity index is 1.42. The smallest absolute Gasteiger partial charge is 0.224 e. The Kier molecular flexibility index (Phi) is 5.06. The molecule has 2 fully saturated rings. The molecule has 2 saturated heterocycles. The van der Waals surface area contributed by atoms with Crippen molar-refractivity contribution in [3.05, 3.63) is 34.9 Å². The van der Waals surface area contributed by atoms with Crippen LogP contribution in [-0.4, -0.2) is 55.9 Å². The van der Waals surface area contributed by atoms with E-state index in [1.807, 2.05) is 6.07 Å². The minimum absolute atomic E-state index is 0.0602. The number of amides is 1. The first-order chi connectivity index (χ1) is 12.5. The van der Waals surface area contributed by atoms with Gasteiger partial charge in [-0.25, -0.2) is 8.42 Å². The van der Waals surface area contributed by atoms with Crippen LogP contribution in [-0.2, 0) is 33.9 Å². The molecule has 2 heterocycles. The van der Waals surface area contributed by atoms with Gasteiger partial charge in [0.25, 0.3) is 0 Å². The number of benzene rings is 1. The third-order valence-electron chi connectivity index (χ3n) is 6.06. The van der Waals surface area contributed by atoms with E-state index in [4.69, 9.17) is 0 Å². The third kappa shape index (κ3) is 3.96. The molecule has 0 unspecified atom stereocenters. The van der Waals surface area contributed by atoms with Crippen molar-refractivity contribution in [1.82, 2.24) is 10.2 Å². The average molecular weight is 377 g/mol. The molecule has 0 aromatic heterocycles. The SMILES string of the molecule is O=C(Cc1ccc2c(c1)CCCC2)N[C@@H]1CS(=O)(=O)C[C@H]1N1CCCC1. The molecule has 2 atom stereocenters. The van der Waals surface area contributed by atoms with Crippen molar-refractivity contribution < 1.29 is 13.2 Å². The highest BCUT2D eigenvalue weighted by atomic mass is 32.2. The van der Waals surface area contributed by atoms with E-state index < -0.39 is 9.84 Å². The lowest BCUT2D eigenvalue weighted by atomic mass is 9.90. The summed E-state index contributed by atoms with van der Waals surface area (Å²) in [4.78, 5) is 14.8. The van der Waals surface area contributed by atoms with E-state index in [9.17, 15) is 13.2 Å². The summed E-state index contributed by atoms with van der Waals surface area (Å²) in [5, 5.41) is 3.03. The first-order valence-electron chi connectivity index (χ1n) is 9.85. The van der Waals surface area contributed by atoms with Crippen LogP contribution < -0.4 is 5.32 Å². The molecule has 1 aromatic rings. The maximum atomic E-state index is 12.6. The Morgan fingerprint density at radius 1 is 1.04 bits per heavy atom. The van der Waals surface area contributed by atoms with Gasteiger partial charge in [0, 0.05) is 6.04 Å². The molecular weight excluding hydrogens is 348 g/mol. The summed E-state index contributed by atoms with van der Waals surface area (Å²) in [5.74, 6) is 0.188. The first kappa shape index (κ1) is 18.0. The normalized spacial score (nSPS) is 28.0. The first-order valence-corrected chi connectivity index (χ1v) is 11.7. The number of carbonyl (C=O) groups excluding carboxylic acids is 1. The quantitative estimate of drug-likeness (QED) is 0.865. The van der Waals surface area contributed by atoms with Crippen LogP contribution in [0.25, 0.3) is 0 Å². The number of likely N-dealkylation sites (tertiary alicyclic amines) is 1. The number of nitrogens with one attached hydrogen (secondary N) is 1. The molecule has 0 radical (unpaired) electrons. The molecule has 26 heavy (non-hydrogen) atoms. The van der Waals surface area contributed by atoms with Gasteiger partial charge in [-0.15, -0.1) is 0 Å². The fraction of sp³-hybridized carbons (Fsp3) is 0.650. The highest BCUT2D eigenvalue weighted by molar-refractivity contribution is 7.91. The molecule has 142 valence electrons. The summed E-state index contributed by atoms with van der Waals surface area (Å²) in [6.45, 7) is 1.88. The van der Waals surface area contributed by atoms with Crippen molar-refractivity contribution in [3.8, 4) is 0 Å². The van der Waals surface area contributed by atoms with Crippen molar-refractivity contribution in [2.45, 2.75) is 57.0 Å². The van der Waals surface area contributed by atoms with Gasteiger partial charge < -0.3 is 5.32 Å². The summed E-state index contributed by atoms with van der Waals surface area (Å²) in [5.41, 5.74) is 3.82. The molecule has 5 nitrogen and oxygen atoms in total. The fourth-order valence-corrected chi connectivity index (χ4v) is 6.69. The zero-order chi connectivity index (χ0) is 18.1. The Morgan fingerprint density at radius 2 is 1.77 bits per heavy atom. The van der Waals surface area contributed by atoms with Crippen molar-refractivity contribution in [2.24, 2.45) is 0 Å².